The van der Waals surface area contributed by atoms with E-state index in [-0.39, 0.29) is 39.0 Å². The van der Waals surface area contributed by atoms with Crippen LogP contribution in [0.2, 0.25) is 10.0 Å². The van der Waals surface area contributed by atoms with E-state index in [2.05, 4.69) is 5.32 Å². The summed E-state index contributed by atoms with van der Waals surface area (Å²) in [4.78, 5) is 28.8. The standard InChI is InChI=1S/C30H35Cl2N3O5S/c1-5-28(30(37)33-18-21(2)3)34(19-22-11-13-26(40-4)14-12-22)29(36)20-35(25-16-23(31)15-24(32)17-25)41(38,39)27-9-7-6-8-10-27/h6-17,21,28H,5,18-20H2,1-4H3,(H,33,37)/t28-/m1/s1. The van der Waals surface area contributed by atoms with Gasteiger partial charge < -0.3 is 15.0 Å². The first-order valence-electron chi connectivity index (χ1n) is 13.2. The van der Waals surface area contributed by atoms with Crippen molar-refractivity contribution in [2.45, 2.75) is 44.7 Å². The summed E-state index contributed by atoms with van der Waals surface area (Å²) in [5.74, 6) is -0.0260. The van der Waals surface area contributed by atoms with Crippen LogP contribution in [0.25, 0.3) is 0 Å². The van der Waals surface area contributed by atoms with Crippen molar-refractivity contribution in [3.05, 3.63) is 88.4 Å². The molecule has 220 valence electrons. The normalized spacial score (nSPS) is 12.1. The quantitative estimate of drug-likeness (QED) is 0.262. The molecule has 3 rings (SSSR count). The summed E-state index contributed by atoms with van der Waals surface area (Å²) in [6, 6.07) is 18.4. The number of hydrogen-bond donors (Lipinski definition) is 1. The van der Waals surface area contributed by atoms with Crippen LogP contribution in [-0.4, -0.2) is 51.4 Å². The lowest BCUT2D eigenvalue weighted by Crippen LogP contribution is -2.52. The zero-order chi connectivity index (χ0) is 30.2. The Morgan fingerprint density at radius 2 is 1.56 bits per heavy atom. The Morgan fingerprint density at radius 1 is 0.951 bits per heavy atom. The van der Waals surface area contributed by atoms with Crippen LogP contribution in [0.4, 0.5) is 5.69 Å². The van der Waals surface area contributed by atoms with Gasteiger partial charge in [-0.05, 0) is 60.4 Å². The van der Waals surface area contributed by atoms with Gasteiger partial charge >= 0.3 is 0 Å². The zero-order valence-electron chi connectivity index (χ0n) is 23.5. The molecule has 0 aliphatic carbocycles. The van der Waals surface area contributed by atoms with Gasteiger partial charge in [-0.3, -0.25) is 13.9 Å². The van der Waals surface area contributed by atoms with Gasteiger partial charge in [0.05, 0.1) is 17.7 Å². The second-order valence-corrected chi connectivity index (χ2v) is 12.6. The summed E-state index contributed by atoms with van der Waals surface area (Å²) in [6.07, 6.45) is 0.320. The molecule has 1 N–H and O–H groups in total. The molecule has 0 radical (unpaired) electrons. The average molecular weight is 621 g/mol. The predicted octanol–water partition coefficient (Wildman–Crippen LogP) is 5.78. The highest BCUT2D eigenvalue weighted by Gasteiger charge is 2.34. The van der Waals surface area contributed by atoms with Crippen LogP contribution in [0.5, 0.6) is 5.75 Å². The lowest BCUT2D eigenvalue weighted by atomic mass is 10.1. The number of carbonyl (C=O) groups excluding carboxylic acids is 2. The number of nitrogens with one attached hydrogen (secondary N) is 1. The van der Waals surface area contributed by atoms with Crippen molar-refractivity contribution in [2.75, 3.05) is 24.5 Å². The maximum absolute atomic E-state index is 14.1. The molecule has 0 saturated heterocycles. The number of hydrogen-bond acceptors (Lipinski definition) is 5. The number of benzene rings is 3. The van der Waals surface area contributed by atoms with Crippen LogP contribution < -0.4 is 14.4 Å². The second-order valence-electron chi connectivity index (χ2n) is 9.89. The van der Waals surface area contributed by atoms with E-state index in [1.807, 2.05) is 20.8 Å². The number of carbonyl (C=O) groups is 2. The lowest BCUT2D eigenvalue weighted by Gasteiger charge is -2.33. The van der Waals surface area contributed by atoms with E-state index in [4.69, 9.17) is 27.9 Å². The Kier molecular flexibility index (Phi) is 11.5. The monoisotopic (exact) mass is 619 g/mol. The largest absolute Gasteiger partial charge is 0.497 e. The molecule has 41 heavy (non-hydrogen) atoms. The fourth-order valence-corrected chi connectivity index (χ4v) is 6.13. The van der Waals surface area contributed by atoms with E-state index >= 15 is 0 Å². The maximum Gasteiger partial charge on any atom is 0.264 e. The summed E-state index contributed by atoms with van der Waals surface area (Å²) in [6.45, 7) is 5.69. The van der Waals surface area contributed by atoms with Gasteiger partial charge in [-0.1, -0.05) is 74.3 Å². The highest BCUT2D eigenvalue weighted by molar-refractivity contribution is 7.92. The molecule has 11 heteroatoms. The van der Waals surface area contributed by atoms with Crippen LogP contribution in [0.1, 0.15) is 32.8 Å². The van der Waals surface area contributed by atoms with Crippen molar-refractivity contribution < 1.29 is 22.7 Å². The van der Waals surface area contributed by atoms with Crippen molar-refractivity contribution in [1.82, 2.24) is 10.2 Å². The van der Waals surface area contributed by atoms with Crippen molar-refractivity contribution in [1.29, 1.82) is 0 Å². The third-order valence-electron chi connectivity index (χ3n) is 6.33. The molecule has 8 nitrogen and oxygen atoms in total. The van der Waals surface area contributed by atoms with Gasteiger partial charge in [0.25, 0.3) is 10.0 Å². The highest BCUT2D eigenvalue weighted by atomic mass is 35.5. The number of sulfonamides is 1. The molecule has 0 aliphatic heterocycles. The number of amides is 2. The van der Waals surface area contributed by atoms with Gasteiger partial charge in [-0.2, -0.15) is 0 Å². The smallest absolute Gasteiger partial charge is 0.264 e. The molecule has 2 amide bonds. The van der Waals surface area contributed by atoms with Crippen LogP contribution in [0.3, 0.4) is 0 Å². The number of ether oxygens (including phenoxy) is 1. The minimum Gasteiger partial charge on any atom is -0.497 e. The minimum atomic E-state index is -4.22. The Hall–Kier alpha value is -3.27. The van der Waals surface area contributed by atoms with Gasteiger partial charge in [0.15, 0.2) is 0 Å². The zero-order valence-corrected chi connectivity index (χ0v) is 25.8. The van der Waals surface area contributed by atoms with Crippen LogP contribution in [-0.2, 0) is 26.2 Å². The van der Waals surface area contributed by atoms with Crippen LogP contribution in [0.15, 0.2) is 77.7 Å². The number of nitrogens with zero attached hydrogens (tertiary/aromatic N) is 2. The van der Waals surface area contributed by atoms with Crippen molar-refractivity contribution >= 4 is 50.7 Å². The molecule has 0 unspecified atom stereocenters. The molecule has 0 spiro atoms. The van der Waals surface area contributed by atoms with Gasteiger partial charge in [-0.15, -0.1) is 0 Å². The number of anilines is 1. The van der Waals surface area contributed by atoms with Gasteiger partial charge in [0, 0.05) is 23.1 Å². The Morgan fingerprint density at radius 3 is 2.10 bits per heavy atom. The van der Waals surface area contributed by atoms with E-state index < -0.39 is 28.5 Å². The number of methoxy groups -OCH3 is 1. The van der Waals surface area contributed by atoms with E-state index in [1.54, 1.807) is 49.6 Å². The summed E-state index contributed by atoms with van der Waals surface area (Å²) in [7, 11) is -2.66. The third-order valence-corrected chi connectivity index (χ3v) is 8.55. The van der Waals surface area contributed by atoms with Gasteiger partial charge in [0.1, 0.15) is 18.3 Å². The predicted molar refractivity (Wildman–Crippen MR) is 163 cm³/mol. The average Bonchev–Trinajstić information content (AvgIpc) is 2.94. The number of rotatable bonds is 13. The first-order chi connectivity index (χ1) is 19.5. The molecule has 0 bridgehead atoms. The Bertz CT molecular complexity index is 1410. The van der Waals surface area contributed by atoms with Gasteiger partial charge in [0.2, 0.25) is 11.8 Å². The molecule has 1 atom stereocenters. The van der Waals surface area contributed by atoms with Crippen molar-refractivity contribution in [2.24, 2.45) is 5.92 Å². The minimum absolute atomic E-state index is 0.00711. The molecule has 0 fully saturated rings. The van der Waals surface area contributed by atoms with E-state index in [0.717, 1.165) is 9.87 Å². The summed E-state index contributed by atoms with van der Waals surface area (Å²) in [5.41, 5.74) is 0.874. The fourth-order valence-electron chi connectivity index (χ4n) is 4.20. The molecule has 0 aromatic heterocycles. The van der Waals surface area contributed by atoms with Crippen molar-refractivity contribution in [3.63, 3.8) is 0 Å². The highest BCUT2D eigenvalue weighted by Crippen LogP contribution is 2.30. The first kappa shape index (κ1) is 32.2. The molecule has 0 aliphatic rings. The summed E-state index contributed by atoms with van der Waals surface area (Å²) in [5, 5.41) is 3.33. The maximum atomic E-state index is 14.1. The third kappa shape index (κ3) is 8.61. The van der Waals surface area contributed by atoms with Crippen LogP contribution in [0, 0.1) is 5.92 Å². The molecule has 3 aromatic rings. The molecule has 0 saturated carbocycles. The molecule has 3 aromatic carbocycles. The van der Waals surface area contributed by atoms with Crippen LogP contribution >= 0.6 is 23.2 Å². The molecular weight excluding hydrogens is 585 g/mol. The van der Waals surface area contributed by atoms with E-state index in [0.29, 0.717) is 18.7 Å². The Balaban J connectivity index is 2.06. The van der Waals surface area contributed by atoms with Gasteiger partial charge in [-0.25, -0.2) is 8.42 Å². The topological polar surface area (TPSA) is 96.0 Å². The SMILES string of the molecule is CC[C@H](C(=O)NCC(C)C)N(Cc1ccc(OC)cc1)C(=O)CN(c1cc(Cl)cc(Cl)c1)S(=O)(=O)c1ccccc1. The number of halogens is 2. The lowest BCUT2D eigenvalue weighted by molar-refractivity contribution is -0.140. The van der Waals surface area contributed by atoms with E-state index in [9.17, 15) is 18.0 Å². The summed E-state index contributed by atoms with van der Waals surface area (Å²) >= 11 is 12.5. The van der Waals surface area contributed by atoms with E-state index in [1.165, 1.54) is 35.2 Å². The second kappa shape index (κ2) is 14.6. The molecule has 0 heterocycles. The molecular formula is C30H35Cl2N3O5S. The fraction of sp³-hybridized carbons (Fsp3) is 0.333. The summed E-state index contributed by atoms with van der Waals surface area (Å²) < 4.78 is 34.0. The first-order valence-corrected chi connectivity index (χ1v) is 15.4. The van der Waals surface area contributed by atoms with Crippen molar-refractivity contribution in [3.8, 4) is 5.75 Å². The Labute approximate surface area is 252 Å².